The summed E-state index contributed by atoms with van der Waals surface area (Å²) in [4.78, 5) is 15.7. The summed E-state index contributed by atoms with van der Waals surface area (Å²) < 4.78 is 7.20. The quantitative estimate of drug-likeness (QED) is 0.748. The second-order valence-corrected chi connectivity index (χ2v) is 5.23. The van der Waals surface area contributed by atoms with Crippen LogP contribution in [0.15, 0.2) is 36.9 Å². The van der Waals surface area contributed by atoms with E-state index in [1.807, 2.05) is 24.3 Å². The van der Waals surface area contributed by atoms with Crippen LogP contribution in [0.1, 0.15) is 11.1 Å². The molecule has 2 aromatic rings. The molecular weight excluding hydrogens is 282 g/mol. The molecule has 1 amide bonds. The first-order valence-corrected chi connectivity index (χ1v) is 7.29. The van der Waals surface area contributed by atoms with Crippen molar-refractivity contribution < 1.29 is 9.53 Å². The Labute approximate surface area is 128 Å². The Hall–Kier alpha value is -2.25. The van der Waals surface area contributed by atoms with Gasteiger partial charge in [0.2, 0.25) is 5.91 Å². The molecule has 3 rings (SSSR count). The summed E-state index contributed by atoms with van der Waals surface area (Å²) in [6, 6.07) is 7.97. The molecular formula is C15H19N5O2. The highest BCUT2D eigenvalue weighted by Crippen LogP contribution is 2.10. The highest BCUT2D eigenvalue weighted by molar-refractivity contribution is 5.77. The fourth-order valence-corrected chi connectivity index (χ4v) is 2.19. The number of carbonyl (C=O) groups is 1. The zero-order chi connectivity index (χ0) is 15.2. The van der Waals surface area contributed by atoms with Gasteiger partial charge in [-0.15, -0.1) is 0 Å². The number of amides is 1. The topological polar surface area (TPSA) is 81.1 Å². The van der Waals surface area contributed by atoms with E-state index in [0.717, 1.165) is 24.2 Å². The van der Waals surface area contributed by atoms with Crippen LogP contribution in [0.4, 0.5) is 0 Å². The van der Waals surface area contributed by atoms with Crippen LogP contribution in [0.2, 0.25) is 0 Å². The molecule has 7 nitrogen and oxygen atoms in total. The minimum absolute atomic E-state index is 0.0949. The van der Waals surface area contributed by atoms with Gasteiger partial charge in [-0.3, -0.25) is 4.79 Å². The molecule has 0 atom stereocenters. The van der Waals surface area contributed by atoms with Gasteiger partial charge >= 0.3 is 0 Å². The number of carbonyl (C=O) groups excluding carboxylic acids is 1. The number of hydrogen-bond acceptors (Lipinski definition) is 5. The summed E-state index contributed by atoms with van der Waals surface area (Å²) in [6.07, 6.45) is 3.36. The van der Waals surface area contributed by atoms with Crippen molar-refractivity contribution in [3.05, 3.63) is 48.0 Å². The molecule has 0 unspecified atom stereocenters. The highest BCUT2D eigenvalue weighted by atomic mass is 16.5. The molecule has 22 heavy (non-hydrogen) atoms. The molecule has 116 valence electrons. The summed E-state index contributed by atoms with van der Waals surface area (Å²) in [5.41, 5.74) is 2.18. The van der Waals surface area contributed by atoms with Crippen LogP contribution in [-0.2, 0) is 22.6 Å². The fraction of sp³-hybridized carbons (Fsp3) is 0.400. The van der Waals surface area contributed by atoms with Gasteiger partial charge in [0.05, 0.1) is 12.6 Å². The lowest BCUT2D eigenvalue weighted by atomic mass is 10.1. The first kappa shape index (κ1) is 14.7. The number of hydrogen-bond donors (Lipinski definition) is 2. The molecule has 1 fully saturated rings. The zero-order valence-electron chi connectivity index (χ0n) is 12.2. The minimum Gasteiger partial charge on any atom is -0.366 e. The normalized spacial score (nSPS) is 14.5. The third-order valence-electron chi connectivity index (χ3n) is 3.59. The lowest BCUT2D eigenvalue weighted by molar-refractivity contribution is -0.128. The largest absolute Gasteiger partial charge is 0.366 e. The zero-order valence-corrected chi connectivity index (χ0v) is 12.2. The summed E-state index contributed by atoms with van der Waals surface area (Å²) in [5, 5.41) is 10.1. The molecule has 0 bridgehead atoms. The van der Waals surface area contributed by atoms with Crippen molar-refractivity contribution in [1.82, 2.24) is 25.4 Å². The van der Waals surface area contributed by atoms with E-state index in [1.165, 1.54) is 6.33 Å². The molecule has 1 aromatic heterocycles. The standard InChI is InChI=1S/C15H19N5O2/c21-15(9-22-14-6-16-7-14)18-5-12-3-1-2-4-13(12)8-20-11-17-10-19-20/h1-4,10-11,14,16H,5-9H2,(H,18,21). The minimum atomic E-state index is -0.0949. The third-order valence-corrected chi connectivity index (χ3v) is 3.59. The molecule has 0 saturated carbocycles. The van der Waals surface area contributed by atoms with Gasteiger partial charge in [0.1, 0.15) is 19.3 Å². The molecule has 1 saturated heterocycles. The Kier molecular flexibility index (Phi) is 4.77. The van der Waals surface area contributed by atoms with E-state index < -0.39 is 0 Å². The van der Waals surface area contributed by atoms with Crippen molar-refractivity contribution in [2.45, 2.75) is 19.2 Å². The van der Waals surface area contributed by atoms with Crippen LogP contribution in [0.3, 0.4) is 0 Å². The van der Waals surface area contributed by atoms with E-state index in [1.54, 1.807) is 11.0 Å². The van der Waals surface area contributed by atoms with Crippen molar-refractivity contribution >= 4 is 5.91 Å². The van der Waals surface area contributed by atoms with Crippen molar-refractivity contribution in [3.8, 4) is 0 Å². The highest BCUT2D eigenvalue weighted by Gasteiger charge is 2.18. The van der Waals surface area contributed by atoms with E-state index >= 15 is 0 Å². The molecule has 1 aromatic carbocycles. The van der Waals surface area contributed by atoms with Crippen molar-refractivity contribution in [2.75, 3.05) is 19.7 Å². The number of benzene rings is 1. The van der Waals surface area contributed by atoms with E-state index in [2.05, 4.69) is 20.7 Å². The Bertz CT molecular complexity index is 610. The lowest BCUT2D eigenvalue weighted by Gasteiger charge is -2.26. The fourth-order valence-electron chi connectivity index (χ4n) is 2.19. The molecule has 0 aliphatic carbocycles. The average Bonchev–Trinajstić information content (AvgIpc) is 2.98. The first-order valence-electron chi connectivity index (χ1n) is 7.29. The van der Waals surface area contributed by atoms with E-state index in [4.69, 9.17) is 4.74 Å². The van der Waals surface area contributed by atoms with E-state index in [0.29, 0.717) is 13.1 Å². The number of rotatable bonds is 7. The van der Waals surface area contributed by atoms with Gasteiger partial charge in [-0.2, -0.15) is 5.10 Å². The summed E-state index contributed by atoms with van der Waals surface area (Å²) in [7, 11) is 0. The second kappa shape index (κ2) is 7.15. The van der Waals surface area contributed by atoms with Gasteiger partial charge in [0.15, 0.2) is 0 Å². The summed E-state index contributed by atoms with van der Waals surface area (Å²) in [6.45, 7) is 2.88. The van der Waals surface area contributed by atoms with Gasteiger partial charge < -0.3 is 15.4 Å². The van der Waals surface area contributed by atoms with Gasteiger partial charge in [-0.25, -0.2) is 9.67 Å². The second-order valence-electron chi connectivity index (χ2n) is 5.23. The summed E-state index contributed by atoms with van der Waals surface area (Å²) >= 11 is 0. The van der Waals surface area contributed by atoms with Crippen molar-refractivity contribution in [2.24, 2.45) is 0 Å². The SMILES string of the molecule is O=C(COC1CNC1)NCc1ccccc1Cn1cncn1. The van der Waals surface area contributed by atoms with Crippen molar-refractivity contribution in [1.29, 1.82) is 0 Å². The molecule has 0 spiro atoms. The monoisotopic (exact) mass is 301 g/mol. The summed E-state index contributed by atoms with van der Waals surface area (Å²) in [5.74, 6) is -0.0949. The number of nitrogens with zero attached hydrogens (tertiary/aromatic N) is 3. The van der Waals surface area contributed by atoms with Crippen LogP contribution in [0.5, 0.6) is 0 Å². The Morgan fingerprint density at radius 2 is 2.18 bits per heavy atom. The molecule has 1 aliphatic rings. The third kappa shape index (κ3) is 3.90. The molecule has 1 aliphatic heterocycles. The van der Waals surface area contributed by atoms with Crippen LogP contribution in [0.25, 0.3) is 0 Å². The Balaban J connectivity index is 1.51. The van der Waals surface area contributed by atoms with Crippen LogP contribution in [0, 0.1) is 0 Å². The molecule has 0 radical (unpaired) electrons. The maximum atomic E-state index is 11.8. The maximum absolute atomic E-state index is 11.8. The van der Waals surface area contributed by atoms with Crippen LogP contribution >= 0.6 is 0 Å². The van der Waals surface area contributed by atoms with Crippen molar-refractivity contribution in [3.63, 3.8) is 0 Å². The number of nitrogens with one attached hydrogen (secondary N) is 2. The molecule has 2 N–H and O–H groups in total. The predicted molar refractivity (Wildman–Crippen MR) is 80.0 cm³/mol. The molecule has 7 heteroatoms. The Morgan fingerprint density at radius 3 is 2.86 bits per heavy atom. The average molecular weight is 301 g/mol. The molecule has 2 heterocycles. The smallest absolute Gasteiger partial charge is 0.246 e. The van der Waals surface area contributed by atoms with E-state index in [9.17, 15) is 4.79 Å². The number of aromatic nitrogens is 3. The van der Waals surface area contributed by atoms with E-state index in [-0.39, 0.29) is 18.6 Å². The van der Waals surface area contributed by atoms with Gasteiger partial charge in [-0.05, 0) is 11.1 Å². The first-order chi connectivity index (χ1) is 10.8. The van der Waals surface area contributed by atoms with Crippen LogP contribution in [-0.4, -0.2) is 46.5 Å². The number of ether oxygens (including phenoxy) is 1. The van der Waals surface area contributed by atoms with Gasteiger partial charge in [0.25, 0.3) is 0 Å². The van der Waals surface area contributed by atoms with Gasteiger partial charge in [-0.1, -0.05) is 24.3 Å². The predicted octanol–water partition coefficient (Wildman–Crippen LogP) is -0.0690. The van der Waals surface area contributed by atoms with Crippen LogP contribution < -0.4 is 10.6 Å². The Morgan fingerprint density at radius 1 is 1.36 bits per heavy atom. The van der Waals surface area contributed by atoms with Gasteiger partial charge in [0, 0.05) is 19.6 Å². The maximum Gasteiger partial charge on any atom is 0.246 e. The lowest BCUT2D eigenvalue weighted by Crippen LogP contribution is -2.49.